The SMILES string of the molecule is O=C(C[C@H]1SC(N2CCOCC2)=NC1=O)Nc1ccccc1Br. The monoisotopic (exact) mass is 397 g/mol. The van der Waals surface area contributed by atoms with E-state index in [1.807, 2.05) is 23.1 Å². The van der Waals surface area contributed by atoms with Crippen molar-refractivity contribution >= 4 is 50.4 Å². The molecule has 8 heteroatoms. The Bertz CT molecular complexity index is 647. The van der Waals surface area contributed by atoms with Crippen molar-refractivity contribution in [3.63, 3.8) is 0 Å². The molecule has 6 nitrogen and oxygen atoms in total. The first kappa shape index (κ1) is 16.5. The maximum atomic E-state index is 12.2. The van der Waals surface area contributed by atoms with Crippen molar-refractivity contribution in [2.75, 3.05) is 31.6 Å². The molecule has 2 aliphatic rings. The molecule has 122 valence electrons. The third-order valence-corrected chi connectivity index (χ3v) is 5.43. The minimum atomic E-state index is -0.449. The van der Waals surface area contributed by atoms with Crippen LogP contribution in [0.25, 0.3) is 0 Å². The number of carbonyl (C=O) groups is 2. The lowest BCUT2D eigenvalue weighted by atomic mass is 10.2. The molecule has 0 aromatic heterocycles. The second-order valence-corrected chi connectivity index (χ2v) is 7.19. The lowest BCUT2D eigenvalue weighted by molar-refractivity contribution is -0.121. The van der Waals surface area contributed by atoms with Crippen molar-refractivity contribution < 1.29 is 14.3 Å². The van der Waals surface area contributed by atoms with Crippen LogP contribution in [0.4, 0.5) is 5.69 Å². The van der Waals surface area contributed by atoms with Crippen molar-refractivity contribution in [2.24, 2.45) is 4.99 Å². The quantitative estimate of drug-likeness (QED) is 0.845. The molecule has 1 atom stereocenters. The van der Waals surface area contributed by atoms with Gasteiger partial charge in [0.2, 0.25) is 5.91 Å². The first-order valence-electron chi connectivity index (χ1n) is 7.30. The third kappa shape index (κ3) is 4.13. The van der Waals surface area contributed by atoms with Crippen LogP contribution in [0, 0.1) is 0 Å². The Morgan fingerprint density at radius 1 is 1.39 bits per heavy atom. The zero-order valence-electron chi connectivity index (χ0n) is 12.3. The molecule has 1 fully saturated rings. The van der Waals surface area contributed by atoms with Gasteiger partial charge in [0.1, 0.15) is 5.25 Å². The number of nitrogens with zero attached hydrogens (tertiary/aromatic N) is 2. The molecule has 2 amide bonds. The molecule has 2 heterocycles. The summed E-state index contributed by atoms with van der Waals surface area (Å²) in [5.74, 6) is -0.431. The van der Waals surface area contributed by atoms with E-state index in [0.29, 0.717) is 24.1 Å². The lowest BCUT2D eigenvalue weighted by Gasteiger charge is -2.27. The van der Waals surface area contributed by atoms with E-state index in [9.17, 15) is 9.59 Å². The smallest absolute Gasteiger partial charge is 0.262 e. The number of anilines is 1. The van der Waals surface area contributed by atoms with Crippen molar-refractivity contribution in [3.8, 4) is 0 Å². The highest BCUT2D eigenvalue weighted by molar-refractivity contribution is 9.10. The van der Waals surface area contributed by atoms with Crippen molar-refractivity contribution in [1.29, 1.82) is 0 Å². The summed E-state index contributed by atoms with van der Waals surface area (Å²) in [6, 6.07) is 7.38. The van der Waals surface area contributed by atoms with Gasteiger partial charge in [0.05, 0.1) is 18.9 Å². The van der Waals surface area contributed by atoms with Crippen LogP contribution < -0.4 is 5.32 Å². The van der Waals surface area contributed by atoms with Crippen molar-refractivity contribution in [2.45, 2.75) is 11.7 Å². The van der Waals surface area contributed by atoms with E-state index in [-0.39, 0.29) is 18.2 Å². The Balaban J connectivity index is 1.56. The van der Waals surface area contributed by atoms with Crippen LogP contribution >= 0.6 is 27.7 Å². The first-order valence-corrected chi connectivity index (χ1v) is 8.97. The standard InChI is InChI=1S/C15H16BrN3O3S/c16-10-3-1-2-4-11(10)17-13(20)9-12-14(21)18-15(23-12)19-5-7-22-8-6-19/h1-4,12H,5-9H2,(H,17,20)/t12-/m1/s1. The minimum absolute atomic E-state index is 0.113. The molecule has 2 aliphatic heterocycles. The average Bonchev–Trinajstić information content (AvgIpc) is 2.91. The number of carbonyl (C=O) groups excluding carboxylic acids is 2. The van der Waals surface area contributed by atoms with Gasteiger partial charge in [-0.05, 0) is 28.1 Å². The number of thioether (sulfide) groups is 1. The van der Waals surface area contributed by atoms with Crippen molar-refractivity contribution in [1.82, 2.24) is 4.90 Å². The number of hydrogen-bond donors (Lipinski definition) is 1. The van der Waals surface area contributed by atoms with E-state index in [1.54, 1.807) is 6.07 Å². The first-order chi connectivity index (χ1) is 11.1. The van der Waals surface area contributed by atoms with Crippen molar-refractivity contribution in [3.05, 3.63) is 28.7 Å². The van der Waals surface area contributed by atoms with E-state index < -0.39 is 5.25 Å². The molecule has 1 saturated heterocycles. The molecule has 0 aliphatic carbocycles. The Morgan fingerprint density at radius 3 is 2.87 bits per heavy atom. The maximum Gasteiger partial charge on any atom is 0.262 e. The van der Waals surface area contributed by atoms with Gasteiger partial charge >= 0.3 is 0 Å². The number of amides is 2. The summed E-state index contributed by atoms with van der Waals surface area (Å²) in [7, 11) is 0. The highest BCUT2D eigenvalue weighted by atomic mass is 79.9. The fraction of sp³-hybridized carbons (Fsp3) is 0.400. The van der Waals surface area contributed by atoms with E-state index >= 15 is 0 Å². The highest BCUT2D eigenvalue weighted by Crippen LogP contribution is 2.28. The van der Waals surface area contributed by atoms with Gasteiger partial charge in [-0.2, -0.15) is 4.99 Å². The van der Waals surface area contributed by atoms with E-state index in [0.717, 1.165) is 17.6 Å². The molecule has 0 spiro atoms. The molecular weight excluding hydrogens is 382 g/mol. The summed E-state index contributed by atoms with van der Waals surface area (Å²) < 4.78 is 6.10. The van der Waals surface area contributed by atoms with Crippen LogP contribution in [0.2, 0.25) is 0 Å². The molecule has 0 radical (unpaired) electrons. The predicted octanol–water partition coefficient (Wildman–Crippen LogP) is 2.11. The Hall–Kier alpha value is -1.38. The Kier molecular flexibility index (Phi) is 5.34. The average molecular weight is 398 g/mol. The summed E-state index contributed by atoms with van der Waals surface area (Å²) in [4.78, 5) is 30.3. The van der Waals surface area contributed by atoms with Gasteiger partial charge in [0, 0.05) is 24.0 Å². The minimum Gasteiger partial charge on any atom is -0.378 e. The van der Waals surface area contributed by atoms with E-state index in [2.05, 4.69) is 26.2 Å². The fourth-order valence-corrected chi connectivity index (χ4v) is 3.83. The van der Waals surface area contributed by atoms with Crippen LogP contribution in [0.1, 0.15) is 6.42 Å². The molecule has 0 unspecified atom stereocenters. The number of ether oxygens (including phenoxy) is 1. The van der Waals surface area contributed by atoms with Crippen LogP contribution in [-0.2, 0) is 14.3 Å². The summed E-state index contributed by atoms with van der Waals surface area (Å²) in [6.07, 6.45) is 0.113. The van der Waals surface area contributed by atoms with Gasteiger partial charge in [-0.3, -0.25) is 9.59 Å². The number of hydrogen-bond acceptors (Lipinski definition) is 5. The van der Waals surface area contributed by atoms with Gasteiger partial charge in [0.15, 0.2) is 5.17 Å². The molecule has 0 bridgehead atoms. The molecule has 0 saturated carbocycles. The number of aliphatic imine (C=N–C) groups is 1. The summed E-state index contributed by atoms with van der Waals surface area (Å²) in [5, 5.41) is 3.07. The zero-order valence-corrected chi connectivity index (χ0v) is 14.7. The number of amidine groups is 1. The number of morpholine rings is 1. The molecule has 23 heavy (non-hydrogen) atoms. The normalized spacial score (nSPS) is 21.3. The molecule has 3 rings (SSSR count). The molecule has 1 N–H and O–H groups in total. The number of rotatable bonds is 3. The number of halogens is 1. The summed E-state index contributed by atoms with van der Waals surface area (Å²) in [5.41, 5.74) is 0.697. The van der Waals surface area contributed by atoms with Gasteiger partial charge in [-0.1, -0.05) is 23.9 Å². The fourth-order valence-electron chi connectivity index (χ4n) is 2.33. The zero-order chi connectivity index (χ0) is 16.2. The lowest BCUT2D eigenvalue weighted by Crippen LogP contribution is -2.39. The van der Waals surface area contributed by atoms with Gasteiger partial charge < -0.3 is 15.0 Å². The Labute approximate surface area is 146 Å². The predicted molar refractivity (Wildman–Crippen MR) is 93.6 cm³/mol. The largest absolute Gasteiger partial charge is 0.378 e. The molecule has 1 aromatic carbocycles. The second-order valence-electron chi connectivity index (χ2n) is 5.17. The topological polar surface area (TPSA) is 71.0 Å². The van der Waals surface area contributed by atoms with Gasteiger partial charge in [-0.15, -0.1) is 0 Å². The number of para-hydroxylation sites is 1. The maximum absolute atomic E-state index is 12.2. The van der Waals surface area contributed by atoms with Crippen LogP contribution in [0.5, 0.6) is 0 Å². The number of nitrogens with one attached hydrogen (secondary N) is 1. The molecular formula is C15H16BrN3O3S. The van der Waals surface area contributed by atoms with E-state index in [4.69, 9.17) is 4.74 Å². The van der Waals surface area contributed by atoms with Crippen LogP contribution in [0.3, 0.4) is 0 Å². The van der Waals surface area contributed by atoms with Crippen LogP contribution in [0.15, 0.2) is 33.7 Å². The van der Waals surface area contributed by atoms with Crippen LogP contribution in [-0.4, -0.2) is 53.4 Å². The highest BCUT2D eigenvalue weighted by Gasteiger charge is 2.33. The number of benzene rings is 1. The summed E-state index contributed by atoms with van der Waals surface area (Å²) in [6.45, 7) is 2.74. The summed E-state index contributed by atoms with van der Waals surface area (Å²) >= 11 is 4.75. The second kappa shape index (κ2) is 7.46. The molecule has 1 aromatic rings. The van der Waals surface area contributed by atoms with Gasteiger partial charge in [0.25, 0.3) is 5.91 Å². The van der Waals surface area contributed by atoms with E-state index in [1.165, 1.54) is 11.8 Å². The Morgan fingerprint density at radius 2 is 2.13 bits per heavy atom. The third-order valence-electron chi connectivity index (χ3n) is 3.53. The van der Waals surface area contributed by atoms with Gasteiger partial charge in [-0.25, -0.2) is 0 Å².